The molecule has 1 aromatic rings. The minimum absolute atomic E-state index is 0.0691. The van der Waals surface area contributed by atoms with E-state index in [-0.39, 0.29) is 21.9 Å². The van der Waals surface area contributed by atoms with E-state index in [4.69, 9.17) is 16.9 Å². The fourth-order valence-corrected chi connectivity index (χ4v) is 1.20. The van der Waals surface area contributed by atoms with E-state index in [1.54, 1.807) is 6.07 Å². The summed E-state index contributed by atoms with van der Waals surface area (Å²) in [5.74, 6) is -1.01. The predicted molar refractivity (Wildman–Crippen MR) is 49.2 cm³/mol. The van der Waals surface area contributed by atoms with Crippen molar-refractivity contribution < 1.29 is 14.6 Å². The lowest BCUT2D eigenvalue weighted by atomic mass is 10.1. The Morgan fingerprint density at radius 3 is 2.79 bits per heavy atom. The molecule has 0 saturated heterocycles. The molecule has 0 bridgehead atoms. The Kier molecular flexibility index (Phi) is 2.95. The number of esters is 1. The molecule has 0 unspecified atom stereocenters. The molecule has 0 saturated carbocycles. The summed E-state index contributed by atoms with van der Waals surface area (Å²) in [4.78, 5) is 11.2. The Morgan fingerprint density at radius 1 is 1.64 bits per heavy atom. The number of rotatable bonds is 1. The van der Waals surface area contributed by atoms with E-state index >= 15 is 0 Å². The lowest BCUT2D eigenvalue weighted by molar-refractivity contribution is 0.0600. The van der Waals surface area contributed by atoms with Crippen LogP contribution in [0.15, 0.2) is 12.1 Å². The molecule has 0 aliphatic carbocycles. The predicted octanol–water partition coefficient (Wildman–Crippen LogP) is 1.70. The van der Waals surface area contributed by atoms with Gasteiger partial charge >= 0.3 is 5.97 Å². The average molecular weight is 212 g/mol. The van der Waals surface area contributed by atoms with Gasteiger partial charge in [0.25, 0.3) is 0 Å². The maximum Gasteiger partial charge on any atom is 0.340 e. The van der Waals surface area contributed by atoms with Crippen LogP contribution in [0.25, 0.3) is 0 Å². The zero-order valence-corrected chi connectivity index (χ0v) is 8.00. The van der Waals surface area contributed by atoms with Crippen LogP contribution in [0.1, 0.15) is 15.9 Å². The maximum absolute atomic E-state index is 11.2. The van der Waals surface area contributed by atoms with Crippen LogP contribution in [0.3, 0.4) is 0 Å². The van der Waals surface area contributed by atoms with E-state index in [2.05, 4.69) is 4.74 Å². The van der Waals surface area contributed by atoms with Crippen LogP contribution < -0.4 is 0 Å². The smallest absolute Gasteiger partial charge is 0.340 e. The highest BCUT2D eigenvalue weighted by atomic mass is 35.5. The molecule has 0 radical (unpaired) electrons. The summed E-state index contributed by atoms with van der Waals surface area (Å²) in [6.07, 6.45) is 0. The molecule has 72 valence electrons. The van der Waals surface area contributed by atoms with Gasteiger partial charge in [-0.1, -0.05) is 11.6 Å². The van der Waals surface area contributed by atoms with E-state index in [1.165, 1.54) is 19.2 Å². The first-order valence-corrected chi connectivity index (χ1v) is 3.99. The van der Waals surface area contributed by atoms with Crippen molar-refractivity contribution in [2.24, 2.45) is 0 Å². The molecule has 0 fully saturated rings. The second-order valence-electron chi connectivity index (χ2n) is 2.42. The highest BCUT2D eigenvalue weighted by Gasteiger charge is 2.18. The number of phenolic OH excluding ortho intramolecular Hbond substituents is 1. The minimum atomic E-state index is -0.748. The lowest BCUT2D eigenvalue weighted by Gasteiger charge is -2.05. The molecule has 0 heterocycles. The van der Waals surface area contributed by atoms with Crippen LogP contribution in [0.5, 0.6) is 5.75 Å². The highest BCUT2D eigenvalue weighted by Crippen LogP contribution is 2.29. The van der Waals surface area contributed by atoms with Gasteiger partial charge in [-0.25, -0.2) is 4.79 Å². The molecule has 1 aromatic carbocycles. The molecule has 5 heteroatoms. The number of benzene rings is 1. The third kappa shape index (κ3) is 1.63. The number of phenols is 1. The van der Waals surface area contributed by atoms with E-state index in [9.17, 15) is 9.90 Å². The van der Waals surface area contributed by atoms with Gasteiger partial charge in [0.15, 0.2) is 0 Å². The van der Waals surface area contributed by atoms with Crippen LogP contribution in [-0.2, 0) is 4.74 Å². The van der Waals surface area contributed by atoms with Crippen LogP contribution in [0.2, 0.25) is 5.02 Å². The Bertz CT molecular complexity index is 423. The molecular formula is C9H6ClNO3. The van der Waals surface area contributed by atoms with Gasteiger partial charge in [0.1, 0.15) is 11.8 Å². The molecule has 0 atom stereocenters. The summed E-state index contributed by atoms with van der Waals surface area (Å²) in [5, 5.41) is 17.7. The number of hydrogen-bond acceptors (Lipinski definition) is 4. The third-order valence-corrected chi connectivity index (χ3v) is 2.01. The summed E-state index contributed by atoms with van der Waals surface area (Å²) in [6.45, 7) is 0. The summed E-state index contributed by atoms with van der Waals surface area (Å²) in [6, 6.07) is 4.32. The van der Waals surface area contributed by atoms with Gasteiger partial charge in [-0.2, -0.15) is 5.26 Å². The van der Waals surface area contributed by atoms with Crippen molar-refractivity contribution in [2.45, 2.75) is 0 Å². The van der Waals surface area contributed by atoms with Crippen molar-refractivity contribution in [3.05, 3.63) is 28.3 Å². The summed E-state index contributed by atoms with van der Waals surface area (Å²) in [7, 11) is 1.17. The van der Waals surface area contributed by atoms with Crippen molar-refractivity contribution in [1.82, 2.24) is 0 Å². The van der Waals surface area contributed by atoms with Crippen molar-refractivity contribution in [3.63, 3.8) is 0 Å². The summed E-state index contributed by atoms with van der Waals surface area (Å²) < 4.78 is 4.43. The van der Waals surface area contributed by atoms with Crippen molar-refractivity contribution in [1.29, 1.82) is 5.26 Å². The van der Waals surface area contributed by atoms with Crippen molar-refractivity contribution >= 4 is 17.6 Å². The van der Waals surface area contributed by atoms with Crippen LogP contribution in [-0.4, -0.2) is 18.2 Å². The quantitative estimate of drug-likeness (QED) is 0.718. The Morgan fingerprint density at radius 2 is 2.29 bits per heavy atom. The average Bonchev–Trinajstić information content (AvgIpc) is 2.20. The van der Waals surface area contributed by atoms with E-state index in [0.29, 0.717) is 0 Å². The van der Waals surface area contributed by atoms with Gasteiger partial charge in [0.2, 0.25) is 0 Å². The molecule has 1 N–H and O–H groups in total. The first-order chi connectivity index (χ1) is 6.61. The summed E-state index contributed by atoms with van der Waals surface area (Å²) in [5.41, 5.74) is -0.0451. The third-order valence-electron chi connectivity index (χ3n) is 1.63. The van der Waals surface area contributed by atoms with Gasteiger partial charge in [-0.05, 0) is 12.1 Å². The number of hydrogen-bond donors (Lipinski definition) is 1. The lowest BCUT2D eigenvalue weighted by Crippen LogP contribution is -2.05. The van der Waals surface area contributed by atoms with E-state index in [1.807, 2.05) is 0 Å². The van der Waals surface area contributed by atoms with Crippen LogP contribution in [0, 0.1) is 11.3 Å². The number of halogens is 1. The molecule has 0 amide bonds. The normalized spacial score (nSPS) is 9.21. The zero-order chi connectivity index (χ0) is 10.7. The van der Waals surface area contributed by atoms with Gasteiger partial charge in [-0.15, -0.1) is 0 Å². The van der Waals surface area contributed by atoms with Crippen LogP contribution in [0.4, 0.5) is 0 Å². The standard InChI is InChI=1S/C9H6ClNO3/c1-14-9(13)7-5(4-11)2-3-6(12)8(7)10/h2-3,12H,1H3. The second-order valence-corrected chi connectivity index (χ2v) is 2.80. The Hall–Kier alpha value is -1.73. The number of aromatic hydroxyl groups is 1. The number of nitriles is 1. The number of nitrogens with zero attached hydrogens (tertiary/aromatic N) is 1. The monoisotopic (exact) mass is 211 g/mol. The zero-order valence-electron chi connectivity index (χ0n) is 7.24. The molecule has 0 aromatic heterocycles. The van der Waals surface area contributed by atoms with Crippen molar-refractivity contribution in [2.75, 3.05) is 7.11 Å². The second kappa shape index (κ2) is 3.99. The first kappa shape index (κ1) is 10.4. The number of carbonyl (C=O) groups is 1. The molecule has 0 aliphatic rings. The Labute approximate surface area is 85.3 Å². The largest absolute Gasteiger partial charge is 0.506 e. The molecule has 14 heavy (non-hydrogen) atoms. The number of carbonyl (C=O) groups excluding carboxylic acids is 1. The Balaban J connectivity index is 3.45. The van der Waals surface area contributed by atoms with E-state index < -0.39 is 5.97 Å². The van der Waals surface area contributed by atoms with Gasteiger partial charge < -0.3 is 9.84 Å². The fraction of sp³-hybridized carbons (Fsp3) is 0.111. The molecule has 0 aliphatic heterocycles. The number of ether oxygens (including phenoxy) is 1. The molecule has 0 spiro atoms. The van der Waals surface area contributed by atoms with E-state index in [0.717, 1.165) is 0 Å². The molecule has 4 nitrogen and oxygen atoms in total. The van der Waals surface area contributed by atoms with Gasteiger partial charge in [0, 0.05) is 0 Å². The topological polar surface area (TPSA) is 70.3 Å². The number of methoxy groups -OCH3 is 1. The first-order valence-electron chi connectivity index (χ1n) is 3.61. The molecule has 1 rings (SSSR count). The van der Waals surface area contributed by atoms with Gasteiger partial charge in [0.05, 0.1) is 23.3 Å². The summed E-state index contributed by atoms with van der Waals surface area (Å²) >= 11 is 5.65. The highest BCUT2D eigenvalue weighted by molar-refractivity contribution is 6.35. The molecular weight excluding hydrogens is 206 g/mol. The van der Waals surface area contributed by atoms with Gasteiger partial charge in [-0.3, -0.25) is 0 Å². The van der Waals surface area contributed by atoms with Crippen molar-refractivity contribution in [3.8, 4) is 11.8 Å². The van der Waals surface area contributed by atoms with Crippen LogP contribution >= 0.6 is 11.6 Å². The minimum Gasteiger partial charge on any atom is -0.506 e. The SMILES string of the molecule is COC(=O)c1c(C#N)ccc(O)c1Cl. The fourth-order valence-electron chi connectivity index (χ4n) is 0.960. The maximum atomic E-state index is 11.2.